The summed E-state index contributed by atoms with van der Waals surface area (Å²) in [6, 6.07) is 6.36. The minimum atomic E-state index is 0.120. The van der Waals surface area contributed by atoms with Gasteiger partial charge < -0.3 is 15.4 Å². The predicted octanol–water partition coefficient (Wildman–Crippen LogP) is 1.40. The number of anilines is 1. The van der Waals surface area contributed by atoms with Gasteiger partial charge in [0.05, 0.1) is 12.2 Å². The lowest BCUT2D eigenvalue weighted by Gasteiger charge is -2.33. The zero-order valence-electron chi connectivity index (χ0n) is 9.36. The summed E-state index contributed by atoms with van der Waals surface area (Å²) in [7, 11) is 2.09. The fraction of sp³-hybridized carbons (Fsp3) is 0.500. The quantitative estimate of drug-likeness (QED) is 0.795. The van der Waals surface area contributed by atoms with Crippen molar-refractivity contribution in [1.29, 1.82) is 0 Å². The van der Waals surface area contributed by atoms with Crippen molar-refractivity contribution in [2.24, 2.45) is 5.73 Å². The molecule has 1 aliphatic rings. The molecule has 1 aromatic rings. The van der Waals surface area contributed by atoms with Crippen LogP contribution in [-0.4, -0.2) is 26.2 Å². The van der Waals surface area contributed by atoms with Crippen molar-refractivity contribution in [1.82, 2.24) is 0 Å². The number of ether oxygens (including phenoxy) is 1. The molecule has 0 fully saturated rings. The third kappa shape index (κ3) is 1.92. The predicted molar refractivity (Wildman–Crippen MR) is 62.6 cm³/mol. The molecule has 0 bridgehead atoms. The minimum absolute atomic E-state index is 0.120. The first-order chi connectivity index (χ1) is 7.24. The highest BCUT2D eigenvalue weighted by atomic mass is 16.5. The fourth-order valence-electron chi connectivity index (χ4n) is 1.92. The Bertz CT molecular complexity index is 351. The van der Waals surface area contributed by atoms with Gasteiger partial charge in [-0.25, -0.2) is 0 Å². The number of aryl methyl sites for hydroxylation is 1. The van der Waals surface area contributed by atoms with Crippen LogP contribution in [0.25, 0.3) is 0 Å². The number of fused-ring (bicyclic) bond motifs is 1. The van der Waals surface area contributed by atoms with E-state index in [9.17, 15) is 0 Å². The standard InChI is InChI=1S/C12H18N2O/c1-3-9-4-5-12-11(6-9)14(2)8-10(7-13)15-12/h4-6,10H,3,7-8,13H2,1-2H3. The van der Waals surface area contributed by atoms with Crippen LogP contribution < -0.4 is 15.4 Å². The highest BCUT2D eigenvalue weighted by Crippen LogP contribution is 2.33. The number of benzene rings is 1. The van der Waals surface area contributed by atoms with Crippen LogP contribution in [0.2, 0.25) is 0 Å². The van der Waals surface area contributed by atoms with Crippen LogP contribution in [0.15, 0.2) is 18.2 Å². The van der Waals surface area contributed by atoms with E-state index in [2.05, 4.69) is 31.0 Å². The van der Waals surface area contributed by atoms with Crippen LogP contribution in [0, 0.1) is 0 Å². The second-order valence-corrected chi connectivity index (χ2v) is 4.01. The number of hydrogen-bond acceptors (Lipinski definition) is 3. The number of nitrogens with two attached hydrogens (primary N) is 1. The normalized spacial score (nSPS) is 19.7. The average Bonchev–Trinajstić information content (AvgIpc) is 2.28. The molecule has 0 saturated heterocycles. The van der Waals surface area contributed by atoms with Crippen LogP contribution in [0.5, 0.6) is 5.75 Å². The SMILES string of the molecule is CCc1ccc2c(c1)N(C)CC(CN)O2. The molecule has 3 heteroatoms. The van der Waals surface area contributed by atoms with E-state index >= 15 is 0 Å². The van der Waals surface area contributed by atoms with Crippen molar-refractivity contribution < 1.29 is 4.74 Å². The molecule has 0 aliphatic carbocycles. The molecule has 82 valence electrons. The molecule has 2 rings (SSSR count). The van der Waals surface area contributed by atoms with Gasteiger partial charge in [-0.15, -0.1) is 0 Å². The summed E-state index contributed by atoms with van der Waals surface area (Å²) in [4.78, 5) is 2.22. The van der Waals surface area contributed by atoms with Crippen molar-refractivity contribution in [3.63, 3.8) is 0 Å². The Hall–Kier alpha value is -1.22. The Kier molecular flexibility index (Phi) is 2.82. The summed E-state index contributed by atoms with van der Waals surface area (Å²) in [6.07, 6.45) is 1.18. The Morgan fingerprint density at radius 1 is 1.53 bits per heavy atom. The first-order valence-corrected chi connectivity index (χ1v) is 5.45. The van der Waals surface area contributed by atoms with E-state index in [0.29, 0.717) is 6.54 Å². The van der Waals surface area contributed by atoms with Crippen LogP contribution >= 0.6 is 0 Å². The maximum atomic E-state index is 5.78. The molecule has 0 spiro atoms. The lowest BCUT2D eigenvalue weighted by molar-refractivity contribution is 0.203. The van der Waals surface area contributed by atoms with Crippen molar-refractivity contribution in [2.45, 2.75) is 19.4 Å². The summed E-state index contributed by atoms with van der Waals surface area (Å²) >= 11 is 0. The van der Waals surface area contributed by atoms with Gasteiger partial charge in [0.25, 0.3) is 0 Å². The van der Waals surface area contributed by atoms with Crippen molar-refractivity contribution >= 4 is 5.69 Å². The van der Waals surface area contributed by atoms with E-state index in [-0.39, 0.29) is 6.10 Å². The van der Waals surface area contributed by atoms with Gasteiger partial charge in [-0.2, -0.15) is 0 Å². The minimum Gasteiger partial charge on any atom is -0.485 e. The third-order valence-electron chi connectivity index (χ3n) is 2.88. The van der Waals surface area contributed by atoms with E-state index in [4.69, 9.17) is 10.5 Å². The molecule has 0 aromatic heterocycles. The van der Waals surface area contributed by atoms with Crippen LogP contribution in [0.1, 0.15) is 12.5 Å². The second-order valence-electron chi connectivity index (χ2n) is 4.01. The Morgan fingerprint density at radius 2 is 2.33 bits per heavy atom. The average molecular weight is 206 g/mol. The highest BCUT2D eigenvalue weighted by Gasteiger charge is 2.22. The van der Waals surface area contributed by atoms with Crippen LogP contribution in [0.3, 0.4) is 0 Å². The summed E-state index contributed by atoms with van der Waals surface area (Å²) < 4.78 is 5.78. The molecule has 1 heterocycles. The number of rotatable bonds is 2. The Labute approximate surface area is 90.8 Å². The molecular formula is C12H18N2O. The number of nitrogens with zero attached hydrogens (tertiary/aromatic N) is 1. The summed E-state index contributed by atoms with van der Waals surface area (Å²) in [5.74, 6) is 0.955. The highest BCUT2D eigenvalue weighted by molar-refractivity contribution is 5.61. The van der Waals surface area contributed by atoms with Gasteiger partial charge in [-0.3, -0.25) is 0 Å². The molecule has 3 nitrogen and oxygen atoms in total. The van der Waals surface area contributed by atoms with Gasteiger partial charge in [0, 0.05) is 13.6 Å². The van der Waals surface area contributed by atoms with Crippen molar-refractivity contribution in [2.75, 3.05) is 25.0 Å². The maximum Gasteiger partial charge on any atom is 0.143 e. The monoisotopic (exact) mass is 206 g/mol. The first-order valence-electron chi connectivity index (χ1n) is 5.45. The van der Waals surface area contributed by atoms with Crippen LogP contribution in [-0.2, 0) is 6.42 Å². The van der Waals surface area contributed by atoms with Crippen molar-refractivity contribution in [3.05, 3.63) is 23.8 Å². The fourth-order valence-corrected chi connectivity index (χ4v) is 1.92. The largest absolute Gasteiger partial charge is 0.485 e. The Morgan fingerprint density at radius 3 is 3.00 bits per heavy atom. The zero-order chi connectivity index (χ0) is 10.8. The maximum absolute atomic E-state index is 5.78. The Balaban J connectivity index is 2.32. The molecule has 0 radical (unpaired) electrons. The topological polar surface area (TPSA) is 38.5 Å². The molecule has 1 aromatic carbocycles. The summed E-state index contributed by atoms with van der Waals surface area (Å²) in [6.45, 7) is 3.60. The van der Waals surface area contributed by atoms with E-state index < -0.39 is 0 Å². The summed E-state index contributed by atoms with van der Waals surface area (Å²) in [5, 5.41) is 0. The van der Waals surface area contributed by atoms with Crippen molar-refractivity contribution in [3.8, 4) is 5.75 Å². The van der Waals surface area contributed by atoms with Gasteiger partial charge >= 0.3 is 0 Å². The molecular weight excluding hydrogens is 188 g/mol. The lowest BCUT2D eigenvalue weighted by atomic mass is 10.1. The third-order valence-corrected chi connectivity index (χ3v) is 2.88. The van der Waals surface area contributed by atoms with E-state index in [0.717, 1.165) is 18.7 Å². The second kappa shape index (κ2) is 4.11. The van der Waals surface area contributed by atoms with Gasteiger partial charge in [0.2, 0.25) is 0 Å². The number of hydrogen-bond donors (Lipinski definition) is 1. The molecule has 15 heavy (non-hydrogen) atoms. The number of likely N-dealkylation sites (N-methyl/N-ethyl adjacent to an activating group) is 1. The lowest BCUT2D eigenvalue weighted by Crippen LogP contribution is -2.42. The van der Waals surface area contributed by atoms with Gasteiger partial charge in [-0.05, 0) is 24.1 Å². The molecule has 1 aliphatic heterocycles. The van der Waals surface area contributed by atoms with E-state index in [1.165, 1.54) is 11.3 Å². The molecule has 0 saturated carbocycles. The smallest absolute Gasteiger partial charge is 0.143 e. The van der Waals surface area contributed by atoms with E-state index in [1.54, 1.807) is 0 Å². The molecule has 2 N–H and O–H groups in total. The van der Waals surface area contributed by atoms with Gasteiger partial charge in [0.15, 0.2) is 0 Å². The van der Waals surface area contributed by atoms with Gasteiger partial charge in [0.1, 0.15) is 11.9 Å². The molecule has 1 unspecified atom stereocenters. The van der Waals surface area contributed by atoms with E-state index in [1.807, 2.05) is 6.07 Å². The first kappa shape index (κ1) is 10.3. The zero-order valence-corrected chi connectivity index (χ0v) is 9.36. The molecule has 0 amide bonds. The summed E-state index contributed by atoms with van der Waals surface area (Å²) in [5.41, 5.74) is 8.15. The molecule has 1 atom stereocenters. The van der Waals surface area contributed by atoms with Crippen LogP contribution in [0.4, 0.5) is 5.69 Å². The van der Waals surface area contributed by atoms with Gasteiger partial charge in [-0.1, -0.05) is 13.0 Å².